The molecule has 0 spiro atoms. The number of anilines is 1. The molecule has 0 fully saturated rings. The van der Waals surface area contributed by atoms with Crippen LogP contribution in [-0.2, 0) is 0 Å². The van der Waals surface area contributed by atoms with Crippen molar-refractivity contribution in [3.63, 3.8) is 0 Å². The Morgan fingerprint density at radius 3 is 2.23 bits per heavy atom. The van der Waals surface area contributed by atoms with Crippen molar-refractivity contribution < 1.29 is 9.53 Å². The summed E-state index contributed by atoms with van der Waals surface area (Å²) in [5.74, 6) is 0.615. The molecule has 3 nitrogen and oxygen atoms in total. The molecular weight excluding hydrogens is 321 g/mol. The number of halogens is 2. The van der Waals surface area contributed by atoms with E-state index in [2.05, 4.69) is 5.32 Å². The second kappa shape index (κ2) is 7.34. The molecular formula is C17H15Cl2NO2. The highest BCUT2D eigenvalue weighted by molar-refractivity contribution is 6.35. The molecule has 0 radical (unpaired) electrons. The number of hydrogen-bond acceptors (Lipinski definition) is 3. The van der Waals surface area contributed by atoms with E-state index >= 15 is 0 Å². The predicted octanol–water partition coefficient (Wildman–Crippen LogP) is 5.20. The maximum absolute atomic E-state index is 12.2. The minimum atomic E-state index is -0.0965. The van der Waals surface area contributed by atoms with Crippen LogP contribution in [0.2, 0.25) is 10.0 Å². The molecule has 0 aliphatic carbocycles. The molecule has 2 aromatic rings. The summed E-state index contributed by atoms with van der Waals surface area (Å²) in [6.07, 6.45) is 1.52. The third-order valence-corrected chi connectivity index (χ3v) is 3.36. The van der Waals surface area contributed by atoms with E-state index in [1.807, 2.05) is 0 Å². The van der Waals surface area contributed by atoms with Gasteiger partial charge in [0.1, 0.15) is 5.75 Å². The van der Waals surface area contributed by atoms with Crippen molar-refractivity contribution >= 4 is 34.7 Å². The molecule has 5 heteroatoms. The summed E-state index contributed by atoms with van der Waals surface area (Å²) >= 11 is 11.9. The highest BCUT2D eigenvalue weighted by Gasteiger charge is 2.04. The van der Waals surface area contributed by atoms with Gasteiger partial charge in [-0.15, -0.1) is 0 Å². The van der Waals surface area contributed by atoms with Crippen LogP contribution >= 0.6 is 23.2 Å². The Kier molecular flexibility index (Phi) is 5.47. The van der Waals surface area contributed by atoms with E-state index in [0.717, 1.165) is 5.69 Å². The number of nitrogens with one attached hydrogen (secondary N) is 1. The van der Waals surface area contributed by atoms with E-state index in [1.165, 1.54) is 6.08 Å². The zero-order valence-electron chi connectivity index (χ0n) is 12.2. The number of ether oxygens (including phenoxy) is 1. The fourth-order valence-electron chi connectivity index (χ4n) is 1.93. The number of rotatable bonds is 5. The minimum Gasteiger partial charge on any atom is -0.497 e. The molecule has 0 heterocycles. The average Bonchev–Trinajstić information content (AvgIpc) is 2.46. The van der Waals surface area contributed by atoms with Gasteiger partial charge in [0, 0.05) is 33.1 Å². The van der Waals surface area contributed by atoms with Crippen LogP contribution in [0, 0.1) is 0 Å². The van der Waals surface area contributed by atoms with Crippen molar-refractivity contribution in [1.82, 2.24) is 0 Å². The summed E-state index contributed by atoms with van der Waals surface area (Å²) in [4.78, 5) is 12.2. The summed E-state index contributed by atoms with van der Waals surface area (Å²) < 4.78 is 5.07. The highest BCUT2D eigenvalue weighted by atomic mass is 35.5. The lowest BCUT2D eigenvalue weighted by atomic mass is 10.1. The lowest BCUT2D eigenvalue weighted by Gasteiger charge is -2.08. The minimum absolute atomic E-state index is 0.0965. The Balaban J connectivity index is 2.11. The zero-order chi connectivity index (χ0) is 16.1. The topological polar surface area (TPSA) is 38.3 Å². The zero-order valence-corrected chi connectivity index (χ0v) is 13.7. The molecule has 0 saturated carbocycles. The summed E-state index contributed by atoms with van der Waals surface area (Å²) in [5.41, 5.74) is 2.01. The molecule has 0 atom stereocenters. The molecule has 0 saturated heterocycles. The average molecular weight is 336 g/mol. The number of carbonyl (C=O) groups excluding carboxylic acids is 1. The maximum Gasteiger partial charge on any atom is 0.187 e. The van der Waals surface area contributed by atoms with Crippen LogP contribution in [0.15, 0.2) is 54.2 Å². The summed E-state index contributed by atoms with van der Waals surface area (Å²) in [6.45, 7) is 1.80. The van der Waals surface area contributed by atoms with E-state index in [1.54, 1.807) is 56.5 Å². The Morgan fingerprint density at radius 1 is 1.09 bits per heavy atom. The van der Waals surface area contributed by atoms with Crippen LogP contribution in [-0.4, -0.2) is 12.9 Å². The SMILES string of the molecule is COc1ccc(C(=O)/C=C(\C)Nc2cc(Cl)cc(Cl)c2)cc1. The van der Waals surface area contributed by atoms with Gasteiger partial charge in [-0.1, -0.05) is 23.2 Å². The molecule has 0 aromatic heterocycles. The van der Waals surface area contributed by atoms with Gasteiger partial charge in [0.2, 0.25) is 0 Å². The van der Waals surface area contributed by atoms with E-state index in [9.17, 15) is 4.79 Å². The first kappa shape index (κ1) is 16.4. The standard InChI is InChI=1S/C17H15Cl2NO2/c1-11(20-15-9-13(18)8-14(19)10-15)7-17(21)12-3-5-16(22-2)6-4-12/h3-10,20H,1-2H3/b11-7+. The van der Waals surface area contributed by atoms with Crippen molar-refractivity contribution in [2.45, 2.75) is 6.92 Å². The number of benzene rings is 2. The number of hydrogen-bond donors (Lipinski definition) is 1. The van der Waals surface area contributed by atoms with Crippen molar-refractivity contribution in [2.75, 3.05) is 12.4 Å². The first-order valence-corrected chi connectivity index (χ1v) is 7.33. The van der Waals surface area contributed by atoms with Gasteiger partial charge in [0.15, 0.2) is 5.78 Å². The van der Waals surface area contributed by atoms with Gasteiger partial charge >= 0.3 is 0 Å². The van der Waals surface area contributed by atoms with Crippen molar-refractivity contribution in [2.24, 2.45) is 0 Å². The smallest absolute Gasteiger partial charge is 0.187 e. The number of methoxy groups -OCH3 is 1. The number of ketones is 1. The molecule has 1 N–H and O–H groups in total. The number of allylic oxidation sites excluding steroid dienone is 2. The Hall–Kier alpha value is -1.97. The molecule has 0 aliphatic heterocycles. The molecule has 0 amide bonds. The van der Waals surface area contributed by atoms with Crippen LogP contribution in [0.5, 0.6) is 5.75 Å². The quantitative estimate of drug-likeness (QED) is 0.602. The molecule has 114 valence electrons. The second-order valence-corrected chi connectivity index (χ2v) is 5.58. The molecule has 2 aromatic carbocycles. The Morgan fingerprint density at radius 2 is 1.68 bits per heavy atom. The third-order valence-electron chi connectivity index (χ3n) is 2.93. The van der Waals surface area contributed by atoms with Gasteiger partial charge in [-0.2, -0.15) is 0 Å². The van der Waals surface area contributed by atoms with Gasteiger partial charge < -0.3 is 10.1 Å². The second-order valence-electron chi connectivity index (χ2n) is 4.70. The summed E-state index contributed by atoms with van der Waals surface area (Å²) in [5, 5.41) is 4.16. The normalized spacial score (nSPS) is 11.2. The van der Waals surface area contributed by atoms with E-state index in [0.29, 0.717) is 27.1 Å². The molecule has 22 heavy (non-hydrogen) atoms. The van der Waals surface area contributed by atoms with Gasteiger partial charge in [-0.3, -0.25) is 4.79 Å². The van der Waals surface area contributed by atoms with Gasteiger partial charge in [0.25, 0.3) is 0 Å². The first-order valence-electron chi connectivity index (χ1n) is 6.58. The maximum atomic E-state index is 12.2. The summed E-state index contributed by atoms with van der Waals surface area (Å²) in [6, 6.07) is 12.1. The largest absolute Gasteiger partial charge is 0.497 e. The molecule has 0 unspecified atom stereocenters. The van der Waals surface area contributed by atoms with Crippen LogP contribution < -0.4 is 10.1 Å². The van der Waals surface area contributed by atoms with E-state index in [4.69, 9.17) is 27.9 Å². The lowest BCUT2D eigenvalue weighted by Crippen LogP contribution is -2.01. The fraction of sp³-hybridized carbons (Fsp3) is 0.118. The molecule has 0 bridgehead atoms. The highest BCUT2D eigenvalue weighted by Crippen LogP contribution is 2.23. The Bertz CT molecular complexity index is 689. The van der Waals surface area contributed by atoms with Crippen LogP contribution in [0.4, 0.5) is 5.69 Å². The van der Waals surface area contributed by atoms with Gasteiger partial charge in [0.05, 0.1) is 7.11 Å². The first-order chi connectivity index (χ1) is 10.5. The van der Waals surface area contributed by atoms with Crippen molar-refractivity contribution in [3.05, 3.63) is 69.8 Å². The molecule has 0 aliphatic rings. The van der Waals surface area contributed by atoms with Crippen LogP contribution in [0.3, 0.4) is 0 Å². The predicted molar refractivity (Wildman–Crippen MR) is 91.2 cm³/mol. The molecule has 2 rings (SSSR count). The van der Waals surface area contributed by atoms with Gasteiger partial charge in [-0.05, 0) is 49.4 Å². The monoisotopic (exact) mass is 335 g/mol. The van der Waals surface area contributed by atoms with Crippen LogP contribution in [0.1, 0.15) is 17.3 Å². The van der Waals surface area contributed by atoms with E-state index < -0.39 is 0 Å². The fourth-order valence-corrected chi connectivity index (χ4v) is 2.45. The van der Waals surface area contributed by atoms with Crippen molar-refractivity contribution in [1.29, 1.82) is 0 Å². The third kappa shape index (κ3) is 4.52. The van der Waals surface area contributed by atoms with Crippen molar-refractivity contribution in [3.8, 4) is 5.75 Å². The van der Waals surface area contributed by atoms with E-state index in [-0.39, 0.29) is 5.78 Å². The van der Waals surface area contributed by atoms with Crippen LogP contribution in [0.25, 0.3) is 0 Å². The Labute approximate surface area is 139 Å². The lowest BCUT2D eigenvalue weighted by molar-refractivity contribution is 0.104. The van der Waals surface area contributed by atoms with Gasteiger partial charge in [-0.25, -0.2) is 0 Å². The summed E-state index contributed by atoms with van der Waals surface area (Å²) in [7, 11) is 1.58. The number of carbonyl (C=O) groups is 1.